The molecule has 0 spiro atoms. The number of fused-ring (bicyclic) bond motifs is 4. The number of benzene rings is 2. The summed E-state index contributed by atoms with van der Waals surface area (Å²) < 4.78 is 3.22. The van der Waals surface area contributed by atoms with E-state index in [0.29, 0.717) is 13.0 Å². The number of nitrogens with one attached hydrogen (secondary N) is 2. The number of halogens is 1. The van der Waals surface area contributed by atoms with Crippen LogP contribution in [0, 0.1) is 0 Å². The average molecular weight is 436 g/mol. The molecular weight excluding hydrogens is 414 g/mol. The molecule has 4 nitrogen and oxygen atoms in total. The molecule has 1 aliphatic rings. The number of carbonyl (C=O) groups is 1. The van der Waals surface area contributed by atoms with E-state index in [2.05, 4.69) is 79.5 Å². The highest BCUT2D eigenvalue weighted by Crippen LogP contribution is 2.34. The lowest BCUT2D eigenvalue weighted by atomic mass is 9.91. The molecule has 142 valence electrons. The molecule has 1 unspecified atom stereocenters. The third kappa shape index (κ3) is 3.14. The van der Waals surface area contributed by atoms with Crippen LogP contribution in [-0.4, -0.2) is 15.5 Å². The highest BCUT2D eigenvalue weighted by Gasteiger charge is 2.25. The minimum atomic E-state index is 0.0843. The molecule has 4 aromatic rings. The minimum Gasteiger partial charge on any atom is -0.356 e. The standard InChI is InChI=1S/C23H22BrN3O/c24-16-8-9-21-15(14-16)10-12-27(21)13-11-22(28)25-20-7-3-5-18-17-4-1-2-6-19(17)26-23(18)20/h1-2,4,6,8-10,12,14,20,26H,3,5,7,11,13H2,(H,25,28). The zero-order valence-corrected chi connectivity index (χ0v) is 17.1. The molecular formula is C23H22BrN3O. The zero-order valence-electron chi connectivity index (χ0n) is 15.5. The van der Waals surface area contributed by atoms with E-state index in [0.717, 1.165) is 29.3 Å². The summed E-state index contributed by atoms with van der Waals surface area (Å²) in [5.41, 5.74) is 4.89. The van der Waals surface area contributed by atoms with Gasteiger partial charge in [-0.3, -0.25) is 4.79 Å². The Hall–Kier alpha value is -2.53. The third-order valence-corrected chi connectivity index (χ3v) is 6.26. The van der Waals surface area contributed by atoms with Crippen molar-refractivity contribution in [3.8, 4) is 0 Å². The number of aromatic nitrogens is 2. The lowest BCUT2D eigenvalue weighted by molar-refractivity contribution is -0.122. The first kappa shape index (κ1) is 17.6. The van der Waals surface area contributed by atoms with Gasteiger partial charge in [-0.2, -0.15) is 0 Å². The second-order valence-corrected chi connectivity index (χ2v) is 8.45. The molecule has 5 rings (SSSR count). The van der Waals surface area contributed by atoms with Gasteiger partial charge in [0.2, 0.25) is 5.91 Å². The van der Waals surface area contributed by atoms with Crippen LogP contribution < -0.4 is 5.32 Å². The molecule has 0 radical (unpaired) electrons. The summed E-state index contributed by atoms with van der Waals surface area (Å²) in [4.78, 5) is 16.2. The van der Waals surface area contributed by atoms with E-state index in [1.807, 2.05) is 6.07 Å². The van der Waals surface area contributed by atoms with Crippen molar-refractivity contribution < 1.29 is 4.79 Å². The lowest BCUT2D eigenvalue weighted by Gasteiger charge is -2.24. The Morgan fingerprint density at radius 3 is 3.04 bits per heavy atom. The summed E-state index contributed by atoms with van der Waals surface area (Å²) >= 11 is 3.51. The molecule has 0 aliphatic heterocycles. The summed E-state index contributed by atoms with van der Waals surface area (Å²) in [5.74, 6) is 0.107. The smallest absolute Gasteiger partial charge is 0.222 e. The van der Waals surface area contributed by atoms with Gasteiger partial charge in [0.05, 0.1) is 6.04 Å². The van der Waals surface area contributed by atoms with Crippen LogP contribution in [-0.2, 0) is 17.8 Å². The number of aromatic amines is 1. The Kier molecular flexibility index (Phi) is 4.47. The van der Waals surface area contributed by atoms with E-state index in [1.165, 1.54) is 27.5 Å². The Morgan fingerprint density at radius 1 is 1.21 bits per heavy atom. The lowest BCUT2D eigenvalue weighted by Crippen LogP contribution is -2.31. The van der Waals surface area contributed by atoms with Crippen LogP contribution >= 0.6 is 15.9 Å². The van der Waals surface area contributed by atoms with Crippen LogP contribution in [0.2, 0.25) is 0 Å². The molecule has 0 bridgehead atoms. The molecule has 28 heavy (non-hydrogen) atoms. The summed E-state index contributed by atoms with van der Waals surface area (Å²) in [6, 6.07) is 16.8. The molecule has 2 N–H and O–H groups in total. The van der Waals surface area contributed by atoms with E-state index in [4.69, 9.17) is 0 Å². The van der Waals surface area contributed by atoms with Gasteiger partial charge in [0.15, 0.2) is 0 Å². The number of rotatable bonds is 4. The number of amides is 1. The first-order valence-corrected chi connectivity index (χ1v) is 10.6. The van der Waals surface area contributed by atoms with Crippen molar-refractivity contribution >= 4 is 43.6 Å². The SMILES string of the molecule is O=C(CCn1ccc2cc(Br)ccc21)NC1CCCc2c1[nH]c1ccccc21. The van der Waals surface area contributed by atoms with Gasteiger partial charge in [-0.1, -0.05) is 34.1 Å². The van der Waals surface area contributed by atoms with Gasteiger partial charge < -0.3 is 14.9 Å². The molecule has 1 atom stereocenters. The Balaban J connectivity index is 1.30. The van der Waals surface area contributed by atoms with Crippen molar-refractivity contribution in [3.05, 3.63) is 70.5 Å². The van der Waals surface area contributed by atoms with E-state index < -0.39 is 0 Å². The normalized spacial score (nSPS) is 16.4. The number of hydrogen-bond acceptors (Lipinski definition) is 1. The number of aryl methyl sites for hydroxylation is 2. The Bertz CT molecular complexity index is 1170. The molecule has 2 heterocycles. The van der Waals surface area contributed by atoms with Crippen molar-refractivity contribution in [3.63, 3.8) is 0 Å². The molecule has 2 aromatic heterocycles. The van der Waals surface area contributed by atoms with Gasteiger partial charge in [0.25, 0.3) is 0 Å². The van der Waals surface area contributed by atoms with Crippen LogP contribution in [0.5, 0.6) is 0 Å². The van der Waals surface area contributed by atoms with Gasteiger partial charge in [0.1, 0.15) is 0 Å². The molecule has 2 aromatic carbocycles. The Morgan fingerprint density at radius 2 is 2.11 bits per heavy atom. The molecule has 1 amide bonds. The number of hydrogen-bond donors (Lipinski definition) is 2. The summed E-state index contributed by atoms with van der Waals surface area (Å²) in [7, 11) is 0. The maximum atomic E-state index is 12.7. The second kappa shape index (κ2) is 7.13. The van der Waals surface area contributed by atoms with Crippen LogP contribution in [0.25, 0.3) is 21.8 Å². The van der Waals surface area contributed by atoms with E-state index in [1.54, 1.807) is 0 Å². The topological polar surface area (TPSA) is 49.8 Å². The maximum Gasteiger partial charge on any atom is 0.222 e. The minimum absolute atomic E-state index is 0.0843. The van der Waals surface area contributed by atoms with E-state index in [9.17, 15) is 4.79 Å². The first-order chi connectivity index (χ1) is 13.7. The Labute approximate surface area is 172 Å². The van der Waals surface area contributed by atoms with Gasteiger partial charge in [-0.15, -0.1) is 0 Å². The van der Waals surface area contributed by atoms with Gasteiger partial charge in [0, 0.05) is 51.1 Å². The van der Waals surface area contributed by atoms with Crippen molar-refractivity contribution in [2.24, 2.45) is 0 Å². The van der Waals surface area contributed by atoms with Crippen LogP contribution in [0.4, 0.5) is 0 Å². The van der Waals surface area contributed by atoms with Crippen LogP contribution in [0.3, 0.4) is 0 Å². The maximum absolute atomic E-state index is 12.7. The fourth-order valence-electron chi connectivity index (χ4n) is 4.41. The average Bonchev–Trinajstić information content (AvgIpc) is 3.28. The van der Waals surface area contributed by atoms with Crippen molar-refractivity contribution in [2.75, 3.05) is 0 Å². The molecule has 0 fully saturated rings. The quantitative estimate of drug-likeness (QED) is 0.438. The van der Waals surface area contributed by atoms with Crippen LogP contribution in [0.1, 0.15) is 36.6 Å². The molecule has 0 saturated carbocycles. The summed E-state index contributed by atoms with van der Waals surface area (Å²) in [5, 5.41) is 5.74. The van der Waals surface area contributed by atoms with Crippen molar-refractivity contribution in [1.29, 1.82) is 0 Å². The fraction of sp³-hybridized carbons (Fsp3) is 0.261. The van der Waals surface area contributed by atoms with Crippen LogP contribution in [0.15, 0.2) is 59.2 Å². The molecule has 5 heteroatoms. The summed E-state index contributed by atoms with van der Waals surface area (Å²) in [6.45, 7) is 0.684. The fourth-order valence-corrected chi connectivity index (χ4v) is 4.79. The largest absolute Gasteiger partial charge is 0.356 e. The third-order valence-electron chi connectivity index (χ3n) is 5.76. The highest BCUT2D eigenvalue weighted by atomic mass is 79.9. The first-order valence-electron chi connectivity index (χ1n) is 9.82. The highest BCUT2D eigenvalue weighted by molar-refractivity contribution is 9.10. The van der Waals surface area contributed by atoms with Crippen molar-refractivity contribution in [2.45, 2.75) is 38.3 Å². The van der Waals surface area contributed by atoms with E-state index in [-0.39, 0.29) is 11.9 Å². The number of nitrogens with zero attached hydrogens (tertiary/aromatic N) is 1. The predicted molar refractivity (Wildman–Crippen MR) is 116 cm³/mol. The van der Waals surface area contributed by atoms with Gasteiger partial charge >= 0.3 is 0 Å². The second-order valence-electron chi connectivity index (χ2n) is 7.54. The number of H-pyrrole nitrogens is 1. The van der Waals surface area contributed by atoms with E-state index >= 15 is 0 Å². The molecule has 1 aliphatic carbocycles. The predicted octanol–water partition coefficient (Wildman–Crippen LogP) is 5.47. The number of carbonyl (C=O) groups excluding carboxylic acids is 1. The molecule has 0 saturated heterocycles. The summed E-state index contributed by atoms with van der Waals surface area (Å²) in [6.07, 6.45) is 5.71. The van der Waals surface area contributed by atoms with Crippen molar-refractivity contribution in [1.82, 2.24) is 14.9 Å². The number of para-hydroxylation sites is 1. The van der Waals surface area contributed by atoms with Gasteiger partial charge in [-0.05, 0) is 55.2 Å². The zero-order chi connectivity index (χ0) is 19.1. The van der Waals surface area contributed by atoms with Gasteiger partial charge in [-0.25, -0.2) is 0 Å². The monoisotopic (exact) mass is 435 g/mol.